The largest absolute Gasteiger partial charge is 0.352 e. The molecule has 24 heavy (non-hydrogen) atoms. The standard InChI is InChI=1S/C18H26ClN3O2/c1-13(16-6-4-5-7-17(16)19)21(3)12-18(24)20-15-8-10-22(11-9-15)14(2)23/h4-7,13,15H,8-12H2,1-3H3,(H,20,24). The van der Waals surface area contributed by atoms with Crippen molar-refractivity contribution in [3.8, 4) is 0 Å². The van der Waals surface area contributed by atoms with Crippen molar-refractivity contribution in [2.24, 2.45) is 0 Å². The van der Waals surface area contributed by atoms with E-state index >= 15 is 0 Å². The van der Waals surface area contributed by atoms with Gasteiger partial charge >= 0.3 is 0 Å². The summed E-state index contributed by atoms with van der Waals surface area (Å²) in [5, 5.41) is 3.80. The maximum Gasteiger partial charge on any atom is 0.234 e. The summed E-state index contributed by atoms with van der Waals surface area (Å²) >= 11 is 6.24. The van der Waals surface area contributed by atoms with Crippen LogP contribution in [0.2, 0.25) is 5.02 Å². The van der Waals surface area contributed by atoms with Crippen molar-refractivity contribution in [3.05, 3.63) is 34.9 Å². The summed E-state index contributed by atoms with van der Waals surface area (Å²) in [6, 6.07) is 7.91. The normalized spacial score (nSPS) is 17.0. The summed E-state index contributed by atoms with van der Waals surface area (Å²) in [7, 11) is 1.92. The van der Waals surface area contributed by atoms with Gasteiger partial charge in [0.05, 0.1) is 6.54 Å². The molecule has 0 aromatic heterocycles. The zero-order chi connectivity index (χ0) is 17.7. The fourth-order valence-electron chi connectivity index (χ4n) is 3.03. The maximum absolute atomic E-state index is 12.3. The lowest BCUT2D eigenvalue weighted by Crippen LogP contribution is -2.48. The van der Waals surface area contributed by atoms with Gasteiger partial charge in [0.15, 0.2) is 0 Å². The minimum absolute atomic E-state index is 0.0117. The third kappa shape index (κ3) is 4.95. The highest BCUT2D eigenvalue weighted by Crippen LogP contribution is 2.25. The SMILES string of the molecule is CC(=O)N1CCC(NC(=O)CN(C)C(C)c2ccccc2Cl)CC1. The van der Waals surface area contributed by atoms with Gasteiger partial charge in [0.1, 0.15) is 0 Å². The molecule has 1 aromatic carbocycles. The molecule has 1 heterocycles. The zero-order valence-electron chi connectivity index (χ0n) is 14.6. The van der Waals surface area contributed by atoms with Crippen LogP contribution in [0, 0.1) is 0 Å². The van der Waals surface area contributed by atoms with Gasteiger partial charge in [-0.15, -0.1) is 0 Å². The first-order chi connectivity index (χ1) is 11.4. The molecule has 1 unspecified atom stereocenters. The van der Waals surface area contributed by atoms with Crippen LogP contribution in [0.25, 0.3) is 0 Å². The lowest BCUT2D eigenvalue weighted by molar-refractivity contribution is -0.130. The van der Waals surface area contributed by atoms with Crippen molar-refractivity contribution in [1.82, 2.24) is 15.1 Å². The topological polar surface area (TPSA) is 52.7 Å². The number of hydrogen-bond donors (Lipinski definition) is 1. The van der Waals surface area contributed by atoms with Crippen LogP contribution in [0.5, 0.6) is 0 Å². The van der Waals surface area contributed by atoms with E-state index in [1.165, 1.54) is 0 Å². The Bertz CT molecular complexity index is 585. The number of carbonyl (C=O) groups is 2. The molecule has 0 bridgehead atoms. The molecule has 0 aliphatic carbocycles. The summed E-state index contributed by atoms with van der Waals surface area (Å²) < 4.78 is 0. The second-order valence-electron chi connectivity index (χ2n) is 6.46. The van der Waals surface area contributed by atoms with E-state index in [2.05, 4.69) is 5.32 Å². The smallest absolute Gasteiger partial charge is 0.234 e. The average Bonchev–Trinajstić information content (AvgIpc) is 2.55. The summed E-state index contributed by atoms with van der Waals surface area (Å²) in [4.78, 5) is 27.4. The summed E-state index contributed by atoms with van der Waals surface area (Å²) in [6.07, 6.45) is 1.63. The molecule has 0 saturated carbocycles. The number of nitrogens with zero attached hydrogens (tertiary/aromatic N) is 2. The molecule has 1 aliphatic rings. The second-order valence-corrected chi connectivity index (χ2v) is 6.87. The minimum atomic E-state index is 0.0117. The van der Waals surface area contributed by atoms with Gasteiger partial charge in [-0.25, -0.2) is 0 Å². The summed E-state index contributed by atoms with van der Waals surface area (Å²) in [5.74, 6) is 0.116. The van der Waals surface area contributed by atoms with E-state index in [4.69, 9.17) is 11.6 Å². The molecule has 6 heteroatoms. The van der Waals surface area contributed by atoms with Crippen LogP contribution < -0.4 is 5.32 Å². The molecular weight excluding hydrogens is 326 g/mol. The van der Waals surface area contributed by atoms with E-state index in [-0.39, 0.29) is 23.9 Å². The van der Waals surface area contributed by atoms with Crippen molar-refractivity contribution in [3.63, 3.8) is 0 Å². The Kier molecular flexibility index (Phi) is 6.63. The number of halogens is 1. The second kappa shape index (κ2) is 8.49. The van der Waals surface area contributed by atoms with E-state index in [0.29, 0.717) is 24.7 Å². The lowest BCUT2D eigenvalue weighted by Gasteiger charge is -2.32. The highest BCUT2D eigenvalue weighted by atomic mass is 35.5. The Morgan fingerprint density at radius 2 is 1.96 bits per heavy atom. The predicted molar refractivity (Wildman–Crippen MR) is 95.9 cm³/mol. The van der Waals surface area contributed by atoms with Crippen molar-refractivity contribution in [2.45, 2.75) is 38.8 Å². The predicted octanol–water partition coefficient (Wildman–Crippen LogP) is 2.46. The quantitative estimate of drug-likeness (QED) is 0.886. The van der Waals surface area contributed by atoms with Crippen molar-refractivity contribution >= 4 is 23.4 Å². The van der Waals surface area contributed by atoms with Crippen LogP contribution in [-0.4, -0.2) is 54.3 Å². The van der Waals surface area contributed by atoms with E-state index in [1.54, 1.807) is 6.92 Å². The van der Waals surface area contributed by atoms with Crippen molar-refractivity contribution in [1.29, 1.82) is 0 Å². The van der Waals surface area contributed by atoms with E-state index < -0.39 is 0 Å². The summed E-state index contributed by atoms with van der Waals surface area (Å²) in [6.45, 7) is 5.38. The van der Waals surface area contributed by atoms with Gasteiger partial charge in [-0.05, 0) is 38.4 Å². The van der Waals surface area contributed by atoms with Gasteiger partial charge < -0.3 is 10.2 Å². The molecule has 1 atom stereocenters. The molecule has 1 aliphatic heterocycles. The number of piperidine rings is 1. The Labute approximate surface area is 149 Å². The van der Waals surface area contributed by atoms with Crippen LogP contribution in [0.3, 0.4) is 0 Å². The molecule has 1 N–H and O–H groups in total. The Morgan fingerprint density at radius 3 is 2.54 bits per heavy atom. The fourth-order valence-corrected chi connectivity index (χ4v) is 3.32. The minimum Gasteiger partial charge on any atom is -0.352 e. The molecule has 1 aromatic rings. The average molecular weight is 352 g/mol. The molecule has 5 nitrogen and oxygen atoms in total. The van der Waals surface area contributed by atoms with Crippen LogP contribution in [-0.2, 0) is 9.59 Å². The van der Waals surface area contributed by atoms with E-state index in [1.807, 2.05) is 48.0 Å². The third-order valence-corrected chi connectivity index (χ3v) is 5.06. The van der Waals surface area contributed by atoms with Crippen molar-refractivity contribution in [2.75, 3.05) is 26.7 Å². The van der Waals surface area contributed by atoms with E-state index in [0.717, 1.165) is 18.4 Å². The van der Waals surface area contributed by atoms with Gasteiger partial charge in [-0.2, -0.15) is 0 Å². The van der Waals surface area contributed by atoms with Crippen molar-refractivity contribution < 1.29 is 9.59 Å². The first kappa shape index (κ1) is 18.7. The van der Waals surface area contributed by atoms with Gasteiger partial charge in [0.2, 0.25) is 11.8 Å². The fraction of sp³-hybridized carbons (Fsp3) is 0.556. The first-order valence-electron chi connectivity index (χ1n) is 8.38. The molecule has 1 saturated heterocycles. The lowest BCUT2D eigenvalue weighted by atomic mass is 10.0. The Morgan fingerprint density at radius 1 is 1.33 bits per heavy atom. The maximum atomic E-state index is 12.3. The Balaban J connectivity index is 1.82. The number of nitrogens with one attached hydrogen (secondary N) is 1. The van der Waals surface area contributed by atoms with Gasteiger partial charge in [0, 0.05) is 37.1 Å². The third-order valence-electron chi connectivity index (χ3n) is 4.71. The molecule has 0 radical (unpaired) electrons. The first-order valence-corrected chi connectivity index (χ1v) is 8.75. The molecule has 2 amide bonds. The number of likely N-dealkylation sites (N-methyl/N-ethyl adjacent to an activating group) is 1. The van der Waals surface area contributed by atoms with Crippen LogP contribution in [0.1, 0.15) is 38.3 Å². The molecule has 132 valence electrons. The number of likely N-dealkylation sites (tertiary alicyclic amines) is 1. The molecule has 2 rings (SSSR count). The molecular formula is C18H26ClN3O2. The monoisotopic (exact) mass is 351 g/mol. The van der Waals surface area contributed by atoms with Gasteiger partial charge in [-0.3, -0.25) is 14.5 Å². The molecule has 1 fully saturated rings. The highest BCUT2D eigenvalue weighted by molar-refractivity contribution is 6.31. The summed E-state index contributed by atoms with van der Waals surface area (Å²) in [5.41, 5.74) is 1.02. The van der Waals surface area contributed by atoms with Crippen LogP contribution >= 0.6 is 11.6 Å². The number of carbonyl (C=O) groups excluding carboxylic acids is 2. The number of hydrogen-bond acceptors (Lipinski definition) is 3. The van der Waals surface area contributed by atoms with E-state index in [9.17, 15) is 9.59 Å². The Hall–Kier alpha value is -1.59. The highest BCUT2D eigenvalue weighted by Gasteiger charge is 2.23. The van der Waals surface area contributed by atoms with Crippen LogP contribution in [0.15, 0.2) is 24.3 Å². The number of amides is 2. The number of rotatable bonds is 5. The van der Waals surface area contributed by atoms with Gasteiger partial charge in [-0.1, -0.05) is 29.8 Å². The van der Waals surface area contributed by atoms with Crippen LogP contribution in [0.4, 0.5) is 0 Å². The number of benzene rings is 1. The van der Waals surface area contributed by atoms with Gasteiger partial charge in [0.25, 0.3) is 0 Å². The molecule has 0 spiro atoms. The zero-order valence-corrected chi connectivity index (χ0v) is 15.3.